The number of unbranched alkanes of at least 4 members (excludes halogenated alkanes) is 2. The van der Waals surface area contributed by atoms with Crippen molar-refractivity contribution in [2.24, 2.45) is 0 Å². The average molecular weight is 503 g/mol. The van der Waals surface area contributed by atoms with Crippen molar-refractivity contribution in [3.05, 3.63) is 58.7 Å². The molecule has 0 saturated carbocycles. The van der Waals surface area contributed by atoms with Gasteiger partial charge < -0.3 is 10.6 Å². The van der Waals surface area contributed by atoms with Gasteiger partial charge in [0, 0.05) is 48.4 Å². The van der Waals surface area contributed by atoms with Crippen LogP contribution in [0.4, 0.5) is 11.4 Å². The highest BCUT2D eigenvalue weighted by Gasteiger charge is 2.33. The van der Waals surface area contributed by atoms with Crippen LogP contribution in [-0.2, 0) is 9.59 Å². The summed E-state index contributed by atoms with van der Waals surface area (Å²) in [5.41, 5.74) is 2.72. The van der Waals surface area contributed by atoms with Gasteiger partial charge in [0.05, 0.1) is 22.9 Å². The molecule has 1 aliphatic rings. The number of carbonyl (C=O) groups excluding carboxylic acids is 4. The molecule has 3 rings (SSSR count). The number of ketones is 4. The lowest BCUT2D eigenvalue weighted by atomic mass is 9.82. The van der Waals surface area contributed by atoms with Gasteiger partial charge in [0.15, 0.2) is 11.6 Å². The predicted octanol–water partition coefficient (Wildman–Crippen LogP) is 5.24. The Morgan fingerprint density at radius 3 is 1.44 bits per heavy atom. The van der Waals surface area contributed by atoms with E-state index in [4.69, 9.17) is 23.2 Å². The first-order chi connectivity index (χ1) is 16.5. The van der Waals surface area contributed by atoms with Crippen molar-refractivity contribution in [3.63, 3.8) is 0 Å². The third-order valence-electron chi connectivity index (χ3n) is 5.77. The summed E-state index contributed by atoms with van der Waals surface area (Å²) < 4.78 is 0. The first kappa shape index (κ1) is 25.9. The normalized spacial score (nSPS) is 12.2. The van der Waals surface area contributed by atoms with Crippen LogP contribution in [0.15, 0.2) is 36.4 Å². The number of benzene rings is 2. The van der Waals surface area contributed by atoms with Crippen LogP contribution in [-0.4, -0.2) is 48.0 Å². The second-order valence-electron chi connectivity index (χ2n) is 8.23. The van der Waals surface area contributed by atoms with Gasteiger partial charge >= 0.3 is 0 Å². The van der Waals surface area contributed by atoms with E-state index in [1.807, 2.05) is 0 Å². The molecule has 2 aromatic carbocycles. The van der Waals surface area contributed by atoms with Gasteiger partial charge in [0.25, 0.3) is 0 Å². The summed E-state index contributed by atoms with van der Waals surface area (Å²) in [5, 5.41) is 6.55. The Kier molecular flexibility index (Phi) is 9.66. The minimum Gasteiger partial charge on any atom is -0.384 e. The third-order valence-corrected chi connectivity index (χ3v) is 6.37. The summed E-state index contributed by atoms with van der Waals surface area (Å²) in [6, 6.07) is 10.5. The maximum atomic E-state index is 13.4. The number of anilines is 2. The zero-order chi connectivity index (χ0) is 24.5. The summed E-state index contributed by atoms with van der Waals surface area (Å²) in [6.45, 7) is 1.12. The number of Topliss-reactive ketones (excluding diaryl/α,β-unsaturated/α-hetero) is 2. The minimum absolute atomic E-state index is 0.0128. The topological polar surface area (TPSA) is 92.3 Å². The maximum absolute atomic E-state index is 13.4. The Bertz CT molecular complexity index is 1000. The zero-order valence-electron chi connectivity index (χ0n) is 18.9. The second-order valence-corrected chi connectivity index (χ2v) is 8.76. The fourth-order valence-corrected chi connectivity index (χ4v) is 4.26. The number of nitrogens with one attached hydrogen (secondary N) is 2. The van der Waals surface area contributed by atoms with Crippen molar-refractivity contribution in [1.82, 2.24) is 0 Å². The predicted molar refractivity (Wildman–Crippen MR) is 136 cm³/mol. The molecule has 0 atom stereocenters. The van der Waals surface area contributed by atoms with E-state index < -0.39 is 0 Å². The number of halogens is 2. The van der Waals surface area contributed by atoms with Crippen LogP contribution in [0.3, 0.4) is 0 Å². The lowest BCUT2D eigenvalue weighted by molar-refractivity contribution is -0.117. The van der Waals surface area contributed by atoms with Crippen LogP contribution >= 0.6 is 23.2 Å². The highest BCUT2D eigenvalue weighted by molar-refractivity contribution is 6.32. The van der Waals surface area contributed by atoms with E-state index in [1.54, 1.807) is 36.4 Å². The fraction of sp³-hybridized carbons (Fsp3) is 0.385. The third kappa shape index (κ3) is 6.24. The van der Waals surface area contributed by atoms with Crippen LogP contribution in [0.1, 0.15) is 70.4 Å². The molecule has 0 aromatic heterocycles. The molecule has 0 saturated heterocycles. The van der Waals surface area contributed by atoms with Gasteiger partial charge in [-0.3, -0.25) is 19.2 Å². The largest absolute Gasteiger partial charge is 0.384 e. The second kappa shape index (κ2) is 12.7. The monoisotopic (exact) mass is 502 g/mol. The summed E-state index contributed by atoms with van der Waals surface area (Å²) in [5.74, 6) is -0.316. The van der Waals surface area contributed by atoms with E-state index in [2.05, 4.69) is 10.6 Å². The molecule has 8 heteroatoms. The van der Waals surface area contributed by atoms with Crippen LogP contribution in [0.25, 0.3) is 0 Å². The maximum Gasteiger partial charge on any atom is 0.196 e. The lowest BCUT2D eigenvalue weighted by Gasteiger charge is -2.24. The zero-order valence-corrected chi connectivity index (χ0v) is 20.4. The molecular formula is C26H28Cl2N2O4. The van der Waals surface area contributed by atoms with E-state index in [1.165, 1.54) is 0 Å². The average Bonchev–Trinajstić information content (AvgIpc) is 2.86. The highest BCUT2D eigenvalue weighted by Crippen LogP contribution is 2.36. The molecular weight excluding hydrogens is 475 g/mol. The minimum atomic E-state index is -0.193. The Morgan fingerprint density at radius 1 is 0.647 bits per heavy atom. The first-order valence-electron chi connectivity index (χ1n) is 11.5. The van der Waals surface area contributed by atoms with Crippen molar-refractivity contribution >= 4 is 57.7 Å². The van der Waals surface area contributed by atoms with E-state index >= 15 is 0 Å². The smallest absolute Gasteiger partial charge is 0.196 e. The number of hydrogen-bond donors (Lipinski definition) is 2. The van der Waals surface area contributed by atoms with Crippen molar-refractivity contribution in [1.29, 1.82) is 0 Å². The molecule has 0 fully saturated rings. The highest BCUT2D eigenvalue weighted by atomic mass is 35.5. The Balaban J connectivity index is 1.78. The standard InChI is InChI=1S/C26H28Cl2N2O4/c27-15-17(31)7-3-5-13-29-21-11-12-22(30-14-6-4-8-18(32)16-28)24-23(21)25(33)19-9-1-2-10-20(19)26(24)34/h1-2,9-12,29-30H,3-8,13-16H2. The summed E-state index contributed by atoms with van der Waals surface area (Å²) >= 11 is 11.1. The Labute approximate surface area is 209 Å². The summed E-state index contributed by atoms with van der Waals surface area (Å²) in [4.78, 5) is 49.6. The Morgan fingerprint density at radius 2 is 1.06 bits per heavy atom. The van der Waals surface area contributed by atoms with Gasteiger partial charge in [-0.2, -0.15) is 0 Å². The van der Waals surface area contributed by atoms with Crippen molar-refractivity contribution in [2.45, 2.75) is 38.5 Å². The van der Waals surface area contributed by atoms with Crippen LogP contribution in [0.5, 0.6) is 0 Å². The van der Waals surface area contributed by atoms with E-state index in [9.17, 15) is 19.2 Å². The van der Waals surface area contributed by atoms with Crippen molar-refractivity contribution < 1.29 is 19.2 Å². The molecule has 2 aromatic rings. The van der Waals surface area contributed by atoms with Crippen LogP contribution in [0.2, 0.25) is 0 Å². The van der Waals surface area contributed by atoms with Gasteiger partial charge in [0.2, 0.25) is 0 Å². The SMILES string of the molecule is O=C(CCl)CCCCNc1ccc(NCCCCC(=O)CCl)c2c1C(=O)c1ccccc1C2=O. The molecule has 0 aliphatic heterocycles. The molecule has 0 heterocycles. The summed E-state index contributed by atoms with van der Waals surface area (Å²) in [6.07, 6.45) is 3.71. The van der Waals surface area contributed by atoms with Gasteiger partial charge in [0.1, 0.15) is 11.6 Å². The van der Waals surface area contributed by atoms with E-state index in [0.717, 1.165) is 12.8 Å². The molecule has 0 unspecified atom stereocenters. The molecule has 2 N–H and O–H groups in total. The summed E-state index contributed by atoms with van der Waals surface area (Å²) in [7, 11) is 0. The number of alkyl halides is 2. The van der Waals surface area contributed by atoms with Gasteiger partial charge in [-0.25, -0.2) is 0 Å². The molecule has 34 heavy (non-hydrogen) atoms. The molecule has 180 valence electrons. The van der Waals surface area contributed by atoms with Gasteiger partial charge in [-0.1, -0.05) is 24.3 Å². The quantitative estimate of drug-likeness (QED) is 0.231. The molecule has 0 radical (unpaired) electrons. The van der Waals surface area contributed by atoms with Gasteiger partial charge in [-0.15, -0.1) is 23.2 Å². The van der Waals surface area contributed by atoms with Crippen LogP contribution < -0.4 is 10.6 Å². The molecule has 1 aliphatic carbocycles. The first-order valence-corrected chi connectivity index (χ1v) is 12.5. The van der Waals surface area contributed by atoms with E-state index in [-0.39, 0.29) is 34.9 Å². The lowest BCUT2D eigenvalue weighted by Crippen LogP contribution is -2.24. The van der Waals surface area contributed by atoms with E-state index in [0.29, 0.717) is 72.4 Å². The molecule has 0 spiro atoms. The molecule has 0 amide bonds. The number of carbonyl (C=O) groups is 4. The van der Waals surface area contributed by atoms with Crippen LogP contribution in [0, 0.1) is 0 Å². The number of rotatable bonds is 14. The molecule has 0 bridgehead atoms. The fourth-order valence-electron chi connectivity index (χ4n) is 3.99. The van der Waals surface area contributed by atoms with Crippen molar-refractivity contribution in [3.8, 4) is 0 Å². The molecule has 6 nitrogen and oxygen atoms in total. The van der Waals surface area contributed by atoms with Gasteiger partial charge in [-0.05, 0) is 37.8 Å². The number of hydrogen-bond acceptors (Lipinski definition) is 6. The number of fused-ring (bicyclic) bond motifs is 2. The Hall–Kier alpha value is -2.70. The van der Waals surface area contributed by atoms with Crippen molar-refractivity contribution in [2.75, 3.05) is 35.5 Å².